The molecule has 8 heteroatoms. The first kappa shape index (κ1) is 27.7. The molecule has 38 heavy (non-hydrogen) atoms. The van der Waals surface area contributed by atoms with E-state index >= 15 is 0 Å². The molecule has 2 unspecified atom stereocenters. The quantitative estimate of drug-likeness (QED) is 0.408. The summed E-state index contributed by atoms with van der Waals surface area (Å²) in [5, 5.41) is 8.60. The molecule has 3 atom stereocenters. The minimum absolute atomic E-state index is 0.214. The second-order valence-corrected chi connectivity index (χ2v) is 10.6. The average molecular weight is 518 g/mol. The van der Waals surface area contributed by atoms with E-state index in [0.29, 0.717) is 17.9 Å². The number of aryl methyl sites for hydroxylation is 3. The largest absolute Gasteiger partial charge is 0.489 e. The Bertz CT molecular complexity index is 1230. The lowest BCUT2D eigenvalue weighted by Gasteiger charge is -2.30. The number of fused-ring (bicyclic) bond motifs is 2. The van der Waals surface area contributed by atoms with Gasteiger partial charge in [-0.15, -0.1) is 5.10 Å². The maximum absolute atomic E-state index is 8.12. The molecule has 0 saturated heterocycles. The monoisotopic (exact) mass is 517 g/mol. The molecule has 0 spiro atoms. The predicted octanol–water partition coefficient (Wildman–Crippen LogP) is 5.14. The van der Waals surface area contributed by atoms with Crippen LogP contribution in [0.1, 0.15) is 86.9 Å². The number of aromatic nitrogens is 4. The number of rotatable bonds is 8. The van der Waals surface area contributed by atoms with Crippen molar-refractivity contribution in [2.45, 2.75) is 91.0 Å². The third kappa shape index (κ3) is 6.37. The van der Waals surface area contributed by atoms with Crippen LogP contribution >= 0.6 is 0 Å². The molecule has 8 nitrogen and oxygen atoms in total. The normalized spacial score (nSPS) is 19.4. The second-order valence-electron chi connectivity index (χ2n) is 10.6. The van der Waals surface area contributed by atoms with Crippen LogP contribution in [-0.4, -0.2) is 43.7 Å². The van der Waals surface area contributed by atoms with Crippen LogP contribution in [0.3, 0.4) is 0 Å². The van der Waals surface area contributed by atoms with Gasteiger partial charge in [-0.25, -0.2) is 0 Å². The SMILES string of the molecule is CC[C@@H]1CN(C2CCc3ccc(C(CCc4cn(CC)nn4)C(C)C)cc32)Cc2cnccc2O1.O=C=O. The van der Waals surface area contributed by atoms with Gasteiger partial charge in [-0.1, -0.05) is 44.2 Å². The van der Waals surface area contributed by atoms with Crippen LogP contribution in [0.4, 0.5) is 0 Å². The Morgan fingerprint density at radius 1 is 1.16 bits per heavy atom. The van der Waals surface area contributed by atoms with Gasteiger partial charge < -0.3 is 4.74 Å². The molecule has 0 N–H and O–H groups in total. The lowest BCUT2D eigenvalue weighted by atomic mass is 9.83. The van der Waals surface area contributed by atoms with Crippen molar-refractivity contribution in [2.24, 2.45) is 5.92 Å². The molecule has 2 aromatic heterocycles. The molecule has 0 bridgehead atoms. The van der Waals surface area contributed by atoms with Crippen molar-refractivity contribution in [3.63, 3.8) is 0 Å². The third-order valence-electron chi connectivity index (χ3n) is 7.93. The predicted molar refractivity (Wildman–Crippen MR) is 143 cm³/mol. The second kappa shape index (κ2) is 12.9. The summed E-state index contributed by atoms with van der Waals surface area (Å²) in [6, 6.07) is 9.76. The molecule has 0 amide bonds. The fourth-order valence-electron chi connectivity index (χ4n) is 5.86. The van der Waals surface area contributed by atoms with Gasteiger partial charge in [0, 0.05) is 49.8 Å². The molecule has 0 fully saturated rings. The van der Waals surface area contributed by atoms with E-state index in [9.17, 15) is 0 Å². The molecule has 5 rings (SSSR count). The van der Waals surface area contributed by atoms with E-state index in [1.807, 2.05) is 23.1 Å². The van der Waals surface area contributed by atoms with E-state index in [-0.39, 0.29) is 12.3 Å². The zero-order valence-electron chi connectivity index (χ0n) is 23.0. The number of benzene rings is 1. The molecule has 3 heterocycles. The van der Waals surface area contributed by atoms with Gasteiger partial charge in [0.25, 0.3) is 0 Å². The van der Waals surface area contributed by atoms with E-state index in [1.165, 1.54) is 28.7 Å². The lowest BCUT2D eigenvalue weighted by molar-refractivity contribution is -0.191. The van der Waals surface area contributed by atoms with Crippen molar-refractivity contribution in [3.8, 4) is 5.75 Å². The van der Waals surface area contributed by atoms with E-state index in [2.05, 4.69) is 72.3 Å². The minimum atomic E-state index is 0.214. The first-order valence-electron chi connectivity index (χ1n) is 13.8. The highest BCUT2D eigenvalue weighted by molar-refractivity contribution is 5.40. The van der Waals surface area contributed by atoms with Crippen LogP contribution in [-0.2, 0) is 35.5 Å². The Kier molecular flexibility index (Phi) is 9.43. The Morgan fingerprint density at radius 3 is 2.68 bits per heavy atom. The maximum Gasteiger partial charge on any atom is 0.373 e. The van der Waals surface area contributed by atoms with Gasteiger partial charge >= 0.3 is 6.15 Å². The van der Waals surface area contributed by atoms with Crippen molar-refractivity contribution in [2.75, 3.05) is 6.54 Å². The fraction of sp³-hybridized carbons (Fsp3) is 0.533. The summed E-state index contributed by atoms with van der Waals surface area (Å²) in [5.41, 5.74) is 6.80. The number of ether oxygens (including phenoxy) is 1. The Balaban J connectivity index is 0.00000107. The van der Waals surface area contributed by atoms with Crippen molar-refractivity contribution < 1.29 is 14.3 Å². The number of nitrogens with zero attached hydrogens (tertiary/aromatic N) is 5. The van der Waals surface area contributed by atoms with Gasteiger partial charge in [0.1, 0.15) is 11.9 Å². The average Bonchev–Trinajstić information content (AvgIpc) is 3.51. The molecular weight excluding hydrogens is 478 g/mol. The summed E-state index contributed by atoms with van der Waals surface area (Å²) < 4.78 is 8.29. The zero-order chi connectivity index (χ0) is 27.1. The van der Waals surface area contributed by atoms with Gasteiger partial charge in [0.05, 0.1) is 5.69 Å². The minimum Gasteiger partial charge on any atom is -0.489 e. The molecule has 0 saturated carbocycles. The first-order valence-corrected chi connectivity index (χ1v) is 13.8. The molecule has 3 aromatic rings. The number of carbonyl (C=O) groups excluding carboxylic acids is 2. The molecule has 1 aromatic carbocycles. The Hall–Kier alpha value is -3.35. The standard InChI is InChI=1S/C29H39N5O.CO2/c1-5-25-19-33(17-23-16-30-14-13-29(23)35-25)28-12-9-21-7-8-22(15-27(21)28)26(20(3)4)11-10-24-18-34(6-2)32-31-24;2-1-3/h7-8,13-16,18,20,25-26,28H,5-6,9-12,17,19H2,1-4H3;/t25-,26?,28?;/m1./s1. The summed E-state index contributed by atoms with van der Waals surface area (Å²) in [5.74, 6) is 2.08. The van der Waals surface area contributed by atoms with Gasteiger partial charge in [-0.05, 0) is 73.6 Å². The molecule has 0 radical (unpaired) electrons. The summed E-state index contributed by atoms with van der Waals surface area (Å²) in [6.45, 7) is 11.7. The summed E-state index contributed by atoms with van der Waals surface area (Å²) in [4.78, 5) is 23.3. The number of hydrogen-bond donors (Lipinski definition) is 0. The van der Waals surface area contributed by atoms with Crippen molar-refractivity contribution in [1.29, 1.82) is 0 Å². The van der Waals surface area contributed by atoms with Gasteiger partial charge in [0.15, 0.2) is 0 Å². The van der Waals surface area contributed by atoms with Crippen LogP contribution in [0.5, 0.6) is 5.75 Å². The third-order valence-corrected chi connectivity index (χ3v) is 7.93. The maximum atomic E-state index is 8.12. The van der Waals surface area contributed by atoms with Crippen LogP contribution < -0.4 is 4.74 Å². The smallest absolute Gasteiger partial charge is 0.373 e. The summed E-state index contributed by atoms with van der Waals surface area (Å²) in [6.07, 6.45) is 11.8. The highest BCUT2D eigenvalue weighted by Crippen LogP contribution is 2.41. The molecule has 1 aliphatic carbocycles. The van der Waals surface area contributed by atoms with E-state index in [4.69, 9.17) is 14.3 Å². The van der Waals surface area contributed by atoms with E-state index < -0.39 is 0 Å². The Labute approximate surface area is 225 Å². The summed E-state index contributed by atoms with van der Waals surface area (Å²) in [7, 11) is 0. The summed E-state index contributed by atoms with van der Waals surface area (Å²) >= 11 is 0. The number of hydrogen-bond acceptors (Lipinski definition) is 7. The fourth-order valence-corrected chi connectivity index (χ4v) is 5.86. The Morgan fingerprint density at radius 2 is 1.97 bits per heavy atom. The lowest BCUT2D eigenvalue weighted by Crippen LogP contribution is -2.34. The highest BCUT2D eigenvalue weighted by Gasteiger charge is 2.33. The van der Waals surface area contributed by atoms with Gasteiger partial charge in [-0.2, -0.15) is 9.59 Å². The van der Waals surface area contributed by atoms with Crippen LogP contribution in [0.25, 0.3) is 0 Å². The van der Waals surface area contributed by atoms with E-state index in [1.54, 1.807) is 0 Å². The van der Waals surface area contributed by atoms with E-state index in [0.717, 1.165) is 56.8 Å². The van der Waals surface area contributed by atoms with Crippen molar-refractivity contribution in [3.05, 3.63) is 70.8 Å². The number of pyridine rings is 1. The molecule has 1 aliphatic heterocycles. The van der Waals surface area contributed by atoms with Crippen LogP contribution in [0.15, 0.2) is 42.9 Å². The van der Waals surface area contributed by atoms with Crippen molar-refractivity contribution >= 4 is 6.15 Å². The van der Waals surface area contributed by atoms with Crippen LogP contribution in [0, 0.1) is 5.92 Å². The van der Waals surface area contributed by atoms with Gasteiger partial charge in [-0.3, -0.25) is 14.6 Å². The molecular formula is C30H39N5O3. The molecule has 202 valence electrons. The molecule has 2 aliphatic rings. The van der Waals surface area contributed by atoms with Crippen LogP contribution in [0.2, 0.25) is 0 Å². The first-order chi connectivity index (χ1) is 18.5. The highest BCUT2D eigenvalue weighted by atomic mass is 16.5. The van der Waals surface area contributed by atoms with Gasteiger partial charge in [0.2, 0.25) is 0 Å². The van der Waals surface area contributed by atoms with Crippen molar-refractivity contribution in [1.82, 2.24) is 24.9 Å². The zero-order valence-corrected chi connectivity index (χ0v) is 23.0. The topological polar surface area (TPSA) is 90.2 Å².